The Morgan fingerprint density at radius 3 is 2.58 bits per heavy atom. The van der Waals surface area contributed by atoms with Crippen molar-refractivity contribution in [2.75, 3.05) is 12.8 Å². The highest BCUT2D eigenvalue weighted by Crippen LogP contribution is 2.23. The fourth-order valence-corrected chi connectivity index (χ4v) is 1.70. The summed E-state index contributed by atoms with van der Waals surface area (Å²) < 4.78 is 23.9. The van der Waals surface area contributed by atoms with Gasteiger partial charge in [-0.15, -0.1) is 0 Å². The smallest absolute Gasteiger partial charge is 0.141 e. The number of nitrogens with two attached hydrogens (primary N) is 1. The molecule has 2 aromatic rings. The summed E-state index contributed by atoms with van der Waals surface area (Å²) in [5.41, 5.74) is 7.86. The van der Waals surface area contributed by atoms with Crippen molar-refractivity contribution in [3.8, 4) is 11.5 Å². The number of benzene rings is 2. The van der Waals surface area contributed by atoms with E-state index in [1.165, 1.54) is 6.07 Å². The minimum atomic E-state index is -0.272. The minimum absolute atomic E-state index is 0.272. The van der Waals surface area contributed by atoms with Crippen molar-refractivity contribution in [2.24, 2.45) is 0 Å². The zero-order valence-corrected chi connectivity index (χ0v) is 10.9. The van der Waals surface area contributed by atoms with Gasteiger partial charge in [0.25, 0.3) is 0 Å². The van der Waals surface area contributed by atoms with Gasteiger partial charge >= 0.3 is 0 Å². The van der Waals surface area contributed by atoms with Crippen LogP contribution >= 0.6 is 0 Å². The average molecular weight is 261 g/mol. The molecule has 0 saturated carbocycles. The summed E-state index contributed by atoms with van der Waals surface area (Å²) >= 11 is 0. The number of ether oxygens (including phenoxy) is 2. The van der Waals surface area contributed by atoms with Crippen molar-refractivity contribution in [3.05, 3.63) is 53.3 Å². The molecule has 0 amide bonds. The van der Waals surface area contributed by atoms with Crippen molar-refractivity contribution in [1.82, 2.24) is 0 Å². The first kappa shape index (κ1) is 13.2. The number of aryl methyl sites for hydroxylation is 1. The molecule has 100 valence electrons. The van der Waals surface area contributed by atoms with Crippen LogP contribution in [0.25, 0.3) is 0 Å². The van der Waals surface area contributed by atoms with Crippen LogP contribution in [0, 0.1) is 12.7 Å². The van der Waals surface area contributed by atoms with E-state index < -0.39 is 0 Å². The zero-order chi connectivity index (χ0) is 13.8. The lowest BCUT2D eigenvalue weighted by Gasteiger charge is -2.09. The Hall–Kier alpha value is -2.23. The molecule has 0 unspecified atom stereocenters. The Morgan fingerprint density at radius 2 is 1.95 bits per heavy atom. The van der Waals surface area contributed by atoms with E-state index in [1.54, 1.807) is 38.3 Å². The number of nitrogen functional groups attached to an aromatic ring is 1. The van der Waals surface area contributed by atoms with Crippen LogP contribution < -0.4 is 15.2 Å². The molecule has 0 atom stereocenters. The SMILES string of the molecule is COc1ccc(COc2ccc(C)c(F)c2)cc1N. The Kier molecular flexibility index (Phi) is 3.90. The second-order valence-electron chi connectivity index (χ2n) is 4.28. The number of methoxy groups -OCH3 is 1. The molecule has 3 nitrogen and oxygen atoms in total. The van der Waals surface area contributed by atoms with Crippen molar-refractivity contribution >= 4 is 5.69 Å². The molecule has 2 rings (SSSR count). The van der Waals surface area contributed by atoms with Gasteiger partial charge in [0.05, 0.1) is 12.8 Å². The Morgan fingerprint density at radius 1 is 1.16 bits per heavy atom. The Balaban J connectivity index is 2.05. The van der Waals surface area contributed by atoms with E-state index in [2.05, 4.69) is 0 Å². The van der Waals surface area contributed by atoms with Gasteiger partial charge in [0.15, 0.2) is 0 Å². The highest BCUT2D eigenvalue weighted by atomic mass is 19.1. The zero-order valence-electron chi connectivity index (χ0n) is 10.9. The first-order valence-electron chi connectivity index (χ1n) is 5.91. The topological polar surface area (TPSA) is 44.5 Å². The summed E-state index contributed by atoms with van der Waals surface area (Å²) in [7, 11) is 1.57. The second kappa shape index (κ2) is 5.61. The average Bonchev–Trinajstić information content (AvgIpc) is 2.40. The van der Waals surface area contributed by atoms with Crippen molar-refractivity contribution < 1.29 is 13.9 Å². The largest absolute Gasteiger partial charge is 0.495 e. The molecular formula is C15H16FNO2. The van der Waals surface area contributed by atoms with Gasteiger partial charge in [-0.3, -0.25) is 0 Å². The molecule has 0 aliphatic heterocycles. The summed E-state index contributed by atoms with van der Waals surface area (Å²) in [6.45, 7) is 2.04. The van der Waals surface area contributed by atoms with Crippen molar-refractivity contribution in [3.63, 3.8) is 0 Å². The maximum Gasteiger partial charge on any atom is 0.141 e. The van der Waals surface area contributed by atoms with Crippen molar-refractivity contribution in [2.45, 2.75) is 13.5 Å². The lowest BCUT2D eigenvalue weighted by Crippen LogP contribution is -1.99. The van der Waals surface area contributed by atoms with E-state index in [0.29, 0.717) is 29.4 Å². The molecule has 0 bridgehead atoms. The molecule has 0 heterocycles. The van der Waals surface area contributed by atoms with E-state index in [1.807, 2.05) is 6.07 Å². The molecule has 0 spiro atoms. The van der Waals surface area contributed by atoms with Crippen LogP contribution in [-0.4, -0.2) is 7.11 Å². The molecule has 0 saturated heterocycles. The monoisotopic (exact) mass is 261 g/mol. The van der Waals surface area contributed by atoms with Crippen LogP contribution in [0.5, 0.6) is 11.5 Å². The van der Waals surface area contributed by atoms with Gasteiger partial charge in [0.2, 0.25) is 0 Å². The minimum Gasteiger partial charge on any atom is -0.495 e. The number of anilines is 1. The Bertz CT molecular complexity index is 584. The number of halogens is 1. The lowest BCUT2D eigenvalue weighted by molar-refractivity contribution is 0.304. The normalized spacial score (nSPS) is 10.3. The molecule has 2 aromatic carbocycles. The maximum atomic E-state index is 13.4. The molecule has 0 fully saturated rings. The molecule has 0 aliphatic rings. The lowest BCUT2D eigenvalue weighted by atomic mass is 10.2. The predicted octanol–water partition coefficient (Wildman–Crippen LogP) is 3.30. The van der Waals surface area contributed by atoms with Gasteiger partial charge in [0, 0.05) is 6.07 Å². The first-order chi connectivity index (χ1) is 9.10. The van der Waals surface area contributed by atoms with Gasteiger partial charge < -0.3 is 15.2 Å². The third-order valence-corrected chi connectivity index (χ3v) is 2.84. The van der Waals surface area contributed by atoms with E-state index in [9.17, 15) is 4.39 Å². The van der Waals surface area contributed by atoms with Crippen LogP contribution in [0.3, 0.4) is 0 Å². The van der Waals surface area contributed by atoms with Crippen LogP contribution in [0.1, 0.15) is 11.1 Å². The number of hydrogen-bond acceptors (Lipinski definition) is 3. The van der Waals surface area contributed by atoms with Gasteiger partial charge in [0.1, 0.15) is 23.9 Å². The molecule has 4 heteroatoms. The summed E-state index contributed by atoms with van der Waals surface area (Å²) in [6, 6.07) is 10.2. The van der Waals surface area contributed by atoms with Gasteiger partial charge in [-0.2, -0.15) is 0 Å². The third-order valence-electron chi connectivity index (χ3n) is 2.84. The van der Waals surface area contributed by atoms with Gasteiger partial charge in [-0.1, -0.05) is 12.1 Å². The molecule has 2 N–H and O–H groups in total. The molecule has 0 aromatic heterocycles. The van der Waals surface area contributed by atoms with E-state index in [-0.39, 0.29) is 5.82 Å². The predicted molar refractivity (Wildman–Crippen MR) is 72.9 cm³/mol. The van der Waals surface area contributed by atoms with Crippen LogP contribution in [0.2, 0.25) is 0 Å². The molecule has 0 radical (unpaired) electrons. The number of rotatable bonds is 4. The van der Waals surface area contributed by atoms with E-state index >= 15 is 0 Å². The highest BCUT2D eigenvalue weighted by molar-refractivity contribution is 5.54. The summed E-state index contributed by atoms with van der Waals surface area (Å²) in [5.74, 6) is 0.856. The molecule has 19 heavy (non-hydrogen) atoms. The second-order valence-corrected chi connectivity index (χ2v) is 4.28. The van der Waals surface area contributed by atoms with Crippen molar-refractivity contribution in [1.29, 1.82) is 0 Å². The standard InChI is InChI=1S/C15H16FNO2/c1-10-3-5-12(8-13(10)16)19-9-11-4-6-15(18-2)14(17)7-11/h3-8H,9,17H2,1-2H3. The van der Waals surface area contributed by atoms with E-state index in [0.717, 1.165) is 5.56 Å². The van der Waals surface area contributed by atoms with Crippen LogP contribution in [0.15, 0.2) is 36.4 Å². The summed E-state index contributed by atoms with van der Waals surface area (Å²) in [4.78, 5) is 0. The summed E-state index contributed by atoms with van der Waals surface area (Å²) in [6.07, 6.45) is 0. The number of hydrogen-bond donors (Lipinski definition) is 1. The molecular weight excluding hydrogens is 245 g/mol. The van der Waals surface area contributed by atoms with Crippen LogP contribution in [-0.2, 0) is 6.61 Å². The molecule has 0 aliphatic carbocycles. The maximum absolute atomic E-state index is 13.4. The third kappa shape index (κ3) is 3.16. The fraction of sp³-hybridized carbons (Fsp3) is 0.200. The van der Waals surface area contributed by atoms with E-state index in [4.69, 9.17) is 15.2 Å². The quantitative estimate of drug-likeness (QED) is 0.859. The Labute approximate surface area is 111 Å². The summed E-state index contributed by atoms with van der Waals surface area (Å²) in [5, 5.41) is 0. The highest BCUT2D eigenvalue weighted by Gasteiger charge is 2.03. The van der Waals surface area contributed by atoms with Gasteiger partial charge in [-0.25, -0.2) is 4.39 Å². The van der Waals surface area contributed by atoms with Crippen LogP contribution in [0.4, 0.5) is 10.1 Å². The fourth-order valence-electron chi connectivity index (χ4n) is 1.70. The van der Waals surface area contributed by atoms with Gasteiger partial charge in [-0.05, 0) is 36.2 Å². The first-order valence-corrected chi connectivity index (χ1v) is 5.91.